The van der Waals surface area contributed by atoms with E-state index in [0.717, 1.165) is 16.4 Å². The highest BCUT2D eigenvalue weighted by molar-refractivity contribution is 7.19. The maximum absolute atomic E-state index is 10.6. The second kappa shape index (κ2) is 3.13. The van der Waals surface area contributed by atoms with Crippen LogP contribution in [-0.2, 0) is 0 Å². The van der Waals surface area contributed by atoms with Crippen LogP contribution in [-0.4, -0.2) is 6.29 Å². The molecule has 0 radical (unpaired) electrons. The summed E-state index contributed by atoms with van der Waals surface area (Å²) in [4.78, 5) is 11.2. The molecule has 0 atom stereocenters. The van der Waals surface area contributed by atoms with Crippen LogP contribution in [0.15, 0.2) is 18.2 Å². The molecule has 2 N–H and O–H groups in total. The van der Waals surface area contributed by atoms with Gasteiger partial charge >= 0.3 is 0 Å². The van der Waals surface area contributed by atoms with E-state index in [9.17, 15) is 4.79 Å². The smallest absolute Gasteiger partial charge is 0.152 e. The molecule has 0 amide bonds. The Morgan fingerprint density at radius 1 is 1.43 bits per heavy atom. The maximum atomic E-state index is 10.6. The van der Waals surface area contributed by atoms with E-state index in [1.54, 1.807) is 18.2 Å². The van der Waals surface area contributed by atoms with Crippen LogP contribution in [0.1, 0.15) is 15.2 Å². The number of nitrogens with two attached hydrogens (primary N) is 1. The number of rotatable bonds is 1. The Morgan fingerprint density at radius 2 is 2.21 bits per heavy atom. The molecule has 0 saturated heterocycles. The zero-order valence-electron chi connectivity index (χ0n) is 7.15. The zero-order chi connectivity index (χ0) is 10.1. The minimum absolute atomic E-state index is 0.454. The Hall–Kier alpha value is -1.86. The van der Waals surface area contributed by atoms with Crippen molar-refractivity contribution in [3.05, 3.63) is 28.6 Å². The van der Waals surface area contributed by atoms with Gasteiger partial charge in [-0.1, -0.05) is 0 Å². The summed E-state index contributed by atoms with van der Waals surface area (Å²) >= 11 is 1.36. The Balaban J connectivity index is 2.77. The largest absolute Gasteiger partial charge is 0.398 e. The van der Waals surface area contributed by atoms with Gasteiger partial charge < -0.3 is 5.73 Å². The highest BCUT2D eigenvalue weighted by atomic mass is 32.1. The topological polar surface area (TPSA) is 66.9 Å². The second-order valence-corrected chi connectivity index (χ2v) is 3.94. The lowest BCUT2D eigenvalue weighted by Gasteiger charge is -1.97. The number of benzene rings is 1. The number of hydrogen-bond acceptors (Lipinski definition) is 4. The fraction of sp³-hybridized carbons (Fsp3) is 0. The van der Waals surface area contributed by atoms with Gasteiger partial charge in [-0.2, -0.15) is 5.26 Å². The van der Waals surface area contributed by atoms with Gasteiger partial charge in [-0.15, -0.1) is 11.3 Å². The number of carbonyl (C=O) groups excluding carboxylic acids is 1. The molecule has 0 fully saturated rings. The molecule has 4 heteroatoms. The third-order valence-electron chi connectivity index (χ3n) is 1.96. The van der Waals surface area contributed by atoms with Gasteiger partial charge in [0.15, 0.2) is 6.29 Å². The quantitative estimate of drug-likeness (QED) is 0.569. The van der Waals surface area contributed by atoms with Crippen molar-refractivity contribution < 1.29 is 4.79 Å². The summed E-state index contributed by atoms with van der Waals surface area (Å²) in [7, 11) is 0. The predicted molar refractivity (Wildman–Crippen MR) is 56.3 cm³/mol. The molecular formula is C10H6N2OS. The van der Waals surface area contributed by atoms with Gasteiger partial charge in [0.1, 0.15) is 10.9 Å². The number of hydrogen-bond donors (Lipinski definition) is 1. The summed E-state index contributed by atoms with van der Waals surface area (Å²) in [5.41, 5.74) is 6.57. The molecule has 0 aliphatic heterocycles. The summed E-state index contributed by atoms with van der Waals surface area (Å²) in [6, 6.07) is 7.26. The minimum Gasteiger partial charge on any atom is -0.398 e. The number of nitrogens with zero attached hydrogens (tertiary/aromatic N) is 1. The molecule has 0 bridgehead atoms. The zero-order valence-corrected chi connectivity index (χ0v) is 7.97. The molecule has 2 aromatic rings. The van der Waals surface area contributed by atoms with E-state index >= 15 is 0 Å². The first-order valence-electron chi connectivity index (χ1n) is 3.93. The van der Waals surface area contributed by atoms with Crippen molar-refractivity contribution in [2.45, 2.75) is 0 Å². The number of nitrogen functional groups attached to an aromatic ring is 1. The van der Waals surface area contributed by atoms with Crippen LogP contribution in [0.25, 0.3) is 10.1 Å². The van der Waals surface area contributed by atoms with Crippen molar-refractivity contribution in [1.82, 2.24) is 0 Å². The summed E-state index contributed by atoms with van der Waals surface area (Å²) in [6.07, 6.45) is 0.723. The van der Waals surface area contributed by atoms with Crippen molar-refractivity contribution >= 4 is 33.4 Å². The van der Waals surface area contributed by atoms with Crippen LogP contribution in [0.5, 0.6) is 0 Å². The fourth-order valence-electron chi connectivity index (χ4n) is 1.28. The summed E-state index contributed by atoms with van der Waals surface area (Å²) in [5.74, 6) is 0. The molecule has 14 heavy (non-hydrogen) atoms. The van der Waals surface area contributed by atoms with E-state index in [0.29, 0.717) is 16.1 Å². The number of anilines is 1. The average Bonchev–Trinajstić information content (AvgIpc) is 2.58. The van der Waals surface area contributed by atoms with Crippen LogP contribution in [0, 0.1) is 11.3 Å². The number of fused-ring (bicyclic) bond motifs is 1. The SMILES string of the molecule is N#Cc1cc2cc(N)c(C=O)cc2s1. The third-order valence-corrected chi connectivity index (χ3v) is 2.96. The van der Waals surface area contributed by atoms with Crippen molar-refractivity contribution in [1.29, 1.82) is 5.26 Å². The van der Waals surface area contributed by atoms with Gasteiger partial charge in [0, 0.05) is 16.0 Å². The highest BCUT2D eigenvalue weighted by Crippen LogP contribution is 2.28. The summed E-state index contributed by atoms with van der Waals surface area (Å²) in [6.45, 7) is 0. The lowest BCUT2D eigenvalue weighted by Crippen LogP contribution is -1.91. The van der Waals surface area contributed by atoms with Gasteiger partial charge in [0.25, 0.3) is 0 Å². The maximum Gasteiger partial charge on any atom is 0.152 e. The molecule has 1 aromatic heterocycles. The lowest BCUT2D eigenvalue weighted by atomic mass is 10.1. The van der Waals surface area contributed by atoms with E-state index in [2.05, 4.69) is 6.07 Å². The number of aldehydes is 1. The number of thiophene rings is 1. The lowest BCUT2D eigenvalue weighted by molar-refractivity contribution is 0.112. The van der Waals surface area contributed by atoms with Crippen LogP contribution >= 0.6 is 11.3 Å². The summed E-state index contributed by atoms with van der Waals surface area (Å²) < 4.78 is 0.915. The van der Waals surface area contributed by atoms with E-state index in [-0.39, 0.29) is 0 Å². The molecule has 3 nitrogen and oxygen atoms in total. The molecule has 1 aromatic carbocycles. The van der Waals surface area contributed by atoms with E-state index < -0.39 is 0 Å². The number of carbonyl (C=O) groups is 1. The van der Waals surface area contributed by atoms with Gasteiger partial charge in [-0.3, -0.25) is 4.79 Å². The van der Waals surface area contributed by atoms with E-state index in [1.165, 1.54) is 11.3 Å². The molecule has 2 rings (SSSR count). The highest BCUT2D eigenvalue weighted by Gasteiger charge is 2.05. The Kier molecular flexibility index (Phi) is 1.95. The van der Waals surface area contributed by atoms with Crippen molar-refractivity contribution in [3.8, 4) is 6.07 Å². The van der Waals surface area contributed by atoms with Gasteiger partial charge in [-0.05, 0) is 23.6 Å². The van der Waals surface area contributed by atoms with Crippen LogP contribution in [0.3, 0.4) is 0 Å². The molecule has 0 saturated carbocycles. The first-order valence-corrected chi connectivity index (χ1v) is 4.74. The van der Waals surface area contributed by atoms with Crippen LogP contribution in [0.4, 0.5) is 5.69 Å². The van der Waals surface area contributed by atoms with E-state index in [1.807, 2.05) is 0 Å². The predicted octanol–water partition coefficient (Wildman–Crippen LogP) is 2.17. The molecule has 1 heterocycles. The normalized spacial score (nSPS) is 9.93. The first-order chi connectivity index (χ1) is 6.74. The van der Waals surface area contributed by atoms with E-state index in [4.69, 9.17) is 11.0 Å². The van der Waals surface area contributed by atoms with Gasteiger partial charge in [0.2, 0.25) is 0 Å². The summed E-state index contributed by atoms with van der Waals surface area (Å²) in [5, 5.41) is 9.61. The first kappa shape index (κ1) is 8.73. The standard InChI is InChI=1S/C10H6N2OS/c11-4-8-1-6-2-9(12)7(5-13)3-10(6)14-8/h1-3,5H,12H2. The fourth-order valence-corrected chi connectivity index (χ4v) is 2.17. The molecular weight excluding hydrogens is 196 g/mol. The molecule has 0 unspecified atom stereocenters. The average molecular weight is 202 g/mol. The van der Waals surface area contributed by atoms with Gasteiger partial charge in [-0.25, -0.2) is 0 Å². The van der Waals surface area contributed by atoms with Crippen molar-refractivity contribution in [2.24, 2.45) is 0 Å². The Bertz CT molecular complexity index is 551. The monoisotopic (exact) mass is 202 g/mol. The van der Waals surface area contributed by atoms with Gasteiger partial charge in [0.05, 0.1) is 0 Å². The third kappa shape index (κ3) is 1.24. The number of nitriles is 1. The Labute approximate surface area is 84.4 Å². The molecule has 0 aliphatic rings. The minimum atomic E-state index is 0.454. The van der Waals surface area contributed by atoms with Crippen LogP contribution in [0.2, 0.25) is 0 Å². The molecule has 0 spiro atoms. The van der Waals surface area contributed by atoms with Crippen molar-refractivity contribution in [3.63, 3.8) is 0 Å². The van der Waals surface area contributed by atoms with Crippen LogP contribution < -0.4 is 5.73 Å². The molecule has 0 aliphatic carbocycles. The molecule has 68 valence electrons. The second-order valence-electron chi connectivity index (χ2n) is 2.86. The Morgan fingerprint density at radius 3 is 2.86 bits per heavy atom. The van der Waals surface area contributed by atoms with Crippen molar-refractivity contribution in [2.75, 3.05) is 5.73 Å².